The van der Waals surface area contributed by atoms with Gasteiger partial charge in [-0.1, -0.05) is 45.0 Å². The maximum absolute atomic E-state index is 11.9. The predicted molar refractivity (Wildman–Crippen MR) is 85.0 cm³/mol. The quantitative estimate of drug-likeness (QED) is 0.842. The van der Waals surface area contributed by atoms with Crippen molar-refractivity contribution in [3.63, 3.8) is 0 Å². The lowest BCUT2D eigenvalue weighted by atomic mass is 9.85. The molecule has 110 valence electrons. The predicted octanol–water partition coefficient (Wildman–Crippen LogP) is 2.66. The van der Waals surface area contributed by atoms with Gasteiger partial charge in [0.25, 0.3) is 5.56 Å². The fourth-order valence-corrected chi connectivity index (χ4v) is 2.27. The van der Waals surface area contributed by atoms with E-state index in [0.29, 0.717) is 5.56 Å². The maximum atomic E-state index is 11.9. The molecule has 3 N–H and O–H groups in total. The van der Waals surface area contributed by atoms with E-state index in [2.05, 4.69) is 25.8 Å². The SMILES string of the molecule is CC(C)(C)c1ccc(-c2c(C#N)c(N)[nH]c(=O)c2C#N)cc1. The molecule has 1 aromatic heterocycles. The summed E-state index contributed by atoms with van der Waals surface area (Å²) in [4.78, 5) is 14.2. The Morgan fingerprint density at radius 3 is 2.05 bits per heavy atom. The molecule has 5 heteroatoms. The molecule has 0 unspecified atom stereocenters. The Hall–Kier alpha value is -3.05. The minimum Gasteiger partial charge on any atom is -0.384 e. The second-order valence-electron chi connectivity index (χ2n) is 6.04. The van der Waals surface area contributed by atoms with Gasteiger partial charge >= 0.3 is 0 Å². The average molecular weight is 292 g/mol. The van der Waals surface area contributed by atoms with Crippen molar-refractivity contribution in [2.45, 2.75) is 26.2 Å². The zero-order valence-corrected chi connectivity index (χ0v) is 12.7. The largest absolute Gasteiger partial charge is 0.384 e. The van der Waals surface area contributed by atoms with Crippen LogP contribution in [-0.2, 0) is 5.41 Å². The van der Waals surface area contributed by atoms with Gasteiger partial charge in [-0.05, 0) is 16.5 Å². The first-order chi connectivity index (χ1) is 10.3. The minimum atomic E-state index is -0.589. The second kappa shape index (κ2) is 5.38. The van der Waals surface area contributed by atoms with Crippen LogP contribution in [0.15, 0.2) is 29.1 Å². The van der Waals surface area contributed by atoms with Crippen molar-refractivity contribution in [1.82, 2.24) is 4.98 Å². The van der Waals surface area contributed by atoms with E-state index in [1.54, 1.807) is 12.1 Å². The first kappa shape index (κ1) is 15.3. The Morgan fingerprint density at radius 2 is 1.59 bits per heavy atom. The number of anilines is 1. The highest BCUT2D eigenvalue weighted by Gasteiger charge is 2.19. The summed E-state index contributed by atoms with van der Waals surface area (Å²) in [6.45, 7) is 6.28. The van der Waals surface area contributed by atoms with Crippen LogP contribution >= 0.6 is 0 Å². The lowest BCUT2D eigenvalue weighted by Gasteiger charge is -2.19. The van der Waals surface area contributed by atoms with Crippen LogP contribution in [-0.4, -0.2) is 4.98 Å². The highest BCUT2D eigenvalue weighted by molar-refractivity contribution is 5.80. The molecule has 0 aliphatic heterocycles. The molecular weight excluding hydrogens is 276 g/mol. The first-order valence-electron chi connectivity index (χ1n) is 6.76. The Labute approximate surface area is 128 Å². The van der Waals surface area contributed by atoms with Crippen molar-refractivity contribution in [3.8, 4) is 23.3 Å². The third kappa shape index (κ3) is 2.57. The number of nitrogens with two attached hydrogens (primary N) is 1. The number of benzene rings is 1. The monoisotopic (exact) mass is 292 g/mol. The molecule has 0 radical (unpaired) electrons. The number of rotatable bonds is 1. The average Bonchev–Trinajstić information content (AvgIpc) is 2.46. The summed E-state index contributed by atoms with van der Waals surface area (Å²) >= 11 is 0. The summed E-state index contributed by atoms with van der Waals surface area (Å²) in [7, 11) is 0. The van der Waals surface area contributed by atoms with E-state index in [9.17, 15) is 15.3 Å². The van der Waals surface area contributed by atoms with Gasteiger partial charge in [0, 0.05) is 5.56 Å². The lowest BCUT2D eigenvalue weighted by molar-refractivity contribution is 0.590. The van der Waals surface area contributed by atoms with Crippen LogP contribution in [0, 0.1) is 22.7 Å². The molecule has 0 saturated carbocycles. The Balaban J connectivity index is 2.75. The third-order valence-corrected chi connectivity index (χ3v) is 3.51. The number of nitriles is 2. The minimum absolute atomic E-state index is 0.0121. The number of nitrogens with zero attached hydrogens (tertiary/aromatic N) is 2. The van der Waals surface area contributed by atoms with E-state index in [1.165, 1.54) is 0 Å². The molecule has 22 heavy (non-hydrogen) atoms. The van der Waals surface area contributed by atoms with Crippen molar-refractivity contribution >= 4 is 5.82 Å². The number of aromatic nitrogens is 1. The number of aromatic amines is 1. The molecule has 0 fully saturated rings. The highest BCUT2D eigenvalue weighted by Crippen LogP contribution is 2.30. The van der Waals surface area contributed by atoms with Gasteiger partial charge in [0.1, 0.15) is 29.1 Å². The van der Waals surface area contributed by atoms with Crippen molar-refractivity contribution in [2.24, 2.45) is 0 Å². The zero-order chi connectivity index (χ0) is 16.5. The molecule has 2 rings (SSSR count). The van der Waals surface area contributed by atoms with Crippen LogP contribution in [0.5, 0.6) is 0 Å². The first-order valence-corrected chi connectivity index (χ1v) is 6.76. The van der Waals surface area contributed by atoms with Crippen molar-refractivity contribution < 1.29 is 0 Å². The van der Waals surface area contributed by atoms with Gasteiger partial charge in [-0.2, -0.15) is 10.5 Å². The third-order valence-electron chi connectivity index (χ3n) is 3.51. The number of hydrogen-bond donors (Lipinski definition) is 2. The van der Waals surface area contributed by atoms with E-state index < -0.39 is 5.56 Å². The van der Waals surface area contributed by atoms with E-state index in [1.807, 2.05) is 24.3 Å². The summed E-state index contributed by atoms with van der Waals surface area (Å²) in [6, 6.07) is 11.3. The van der Waals surface area contributed by atoms with E-state index in [-0.39, 0.29) is 27.9 Å². The maximum Gasteiger partial charge on any atom is 0.268 e. The Morgan fingerprint density at radius 1 is 1.05 bits per heavy atom. The van der Waals surface area contributed by atoms with Gasteiger partial charge in [0.05, 0.1) is 0 Å². The van der Waals surface area contributed by atoms with Crippen molar-refractivity contribution in [1.29, 1.82) is 10.5 Å². The number of pyridine rings is 1. The highest BCUT2D eigenvalue weighted by atomic mass is 16.1. The molecule has 1 aromatic carbocycles. The molecule has 0 amide bonds. The molecule has 0 saturated heterocycles. The molecule has 0 spiro atoms. The fraction of sp³-hybridized carbons (Fsp3) is 0.235. The zero-order valence-electron chi connectivity index (χ0n) is 12.7. The lowest BCUT2D eigenvalue weighted by Crippen LogP contribution is -2.16. The normalized spacial score (nSPS) is 10.8. The van der Waals surface area contributed by atoms with Crippen LogP contribution in [0.3, 0.4) is 0 Å². The number of nitrogen functional groups attached to an aromatic ring is 1. The van der Waals surface area contributed by atoms with E-state index >= 15 is 0 Å². The summed E-state index contributed by atoms with van der Waals surface area (Å²) in [5, 5.41) is 18.5. The standard InChI is InChI=1S/C17H16N4O/c1-17(2,3)11-6-4-10(5-7-11)14-12(8-18)15(20)21-16(22)13(14)9-19/h4-7H,1-3H3,(H3,20,21,22). The summed E-state index contributed by atoms with van der Waals surface area (Å²) in [5.74, 6) is -0.0265. The van der Waals surface area contributed by atoms with Crippen LogP contribution in [0.25, 0.3) is 11.1 Å². The molecule has 0 aliphatic carbocycles. The number of H-pyrrole nitrogens is 1. The van der Waals surface area contributed by atoms with Crippen LogP contribution in [0.1, 0.15) is 37.5 Å². The van der Waals surface area contributed by atoms with E-state index in [4.69, 9.17) is 5.73 Å². The van der Waals surface area contributed by atoms with Crippen LogP contribution < -0.4 is 11.3 Å². The summed E-state index contributed by atoms with van der Waals surface area (Å²) < 4.78 is 0. The summed E-state index contributed by atoms with van der Waals surface area (Å²) in [6.07, 6.45) is 0. The van der Waals surface area contributed by atoms with Gasteiger partial charge < -0.3 is 10.7 Å². The Bertz CT molecular complexity index is 856. The molecule has 0 aliphatic rings. The molecule has 0 bridgehead atoms. The van der Waals surface area contributed by atoms with Crippen molar-refractivity contribution in [2.75, 3.05) is 5.73 Å². The summed E-state index contributed by atoms with van der Waals surface area (Å²) in [5.41, 5.74) is 7.14. The van der Waals surface area contributed by atoms with Gasteiger partial charge in [-0.15, -0.1) is 0 Å². The number of hydrogen-bond acceptors (Lipinski definition) is 4. The fourth-order valence-electron chi connectivity index (χ4n) is 2.27. The van der Waals surface area contributed by atoms with Gasteiger partial charge in [-0.25, -0.2) is 0 Å². The van der Waals surface area contributed by atoms with Crippen LogP contribution in [0.4, 0.5) is 5.82 Å². The molecule has 2 aromatic rings. The van der Waals surface area contributed by atoms with E-state index in [0.717, 1.165) is 5.56 Å². The molecular formula is C17H16N4O. The van der Waals surface area contributed by atoms with Crippen molar-refractivity contribution in [3.05, 3.63) is 51.3 Å². The number of nitrogens with one attached hydrogen (secondary N) is 1. The molecule has 0 atom stereocenters. The topological polar surface area (TPSA) is 106 Å². The van der Waals surface area contributed by atoms with Crippen LogP contribution in [0.2, 0.25) is 0 Å². The smallest absolute Gasteiger partial charge is 0.268 e. The second-order valence-corrected chi connectivity index (χ2v) is 6.04. The van der Waals surface area contributed by atoms with Gasteiger partial charge in [0.2, 0.25) is 0 Å². The molecule has 5 nitrogen and oxygen atoms in total. The van der Waals surface area contributed by atoms with Gasteiger partial charge in [0.15, 0.2) is 0 Å². The van der Waals surface area contributed by atoms with Gasteiger partial charge in [-0.3, -0.25) is 4.79 Å². The Kier molecular flexibility index (Phi) is 3.75. The molecule has 1 heterocycles.